The molecule has 0 saturated carbocycles. The van der Waals surface area contributed by atoms with Crippen LogP contribution in [0.25, 0.3) is 0 Å². The summed E-state index contributed by atoms with van der Waals surface area (Å²) in [5, 5.41) is 2.56. The lowest BCUT2D eigenvalue weighted by Crippen LogP contribution is -2.54. The number of carbonyl (C=O) groups is 2. The van der Waals surface area contributed by atoms with Crippen LogP contribution < -0.4 is 15.0 Å². The average molecular weight is 322 g/mol. The molecule has 0 spiro atoms. The molecular formula is C16H22N2O5. The van der Waals surface area contributed by atoms with Gasteiger partial charge in [-0.2, -0.15) is 0 Å². The van der Waals surface area contributed by atoms with Crippen LogP contribution in [-0.4, -0.2) is 38.9 Å². The highest BCUT2D eigenvalue weighted by molar-refractivity contribution is 6.07. The lowest BCUT2D eigenvalue weighted by molar-refractivity contribution is -0.143. The highest BCUT2D eigenvalue weighted by Crippen LogP contribution is 2.42. The molecule has 0 saturated heterocycles. The molecule has 7 nitrogen and oxygen atoms in total. The molecule has 1 heterocycles. The molecular weight excluding hydrogens is 300 g/mol. The summed E-state index contributed by atoms with van der Waals surface area (Å²) in [6.07, 6.45) is -0.739. The third-order valence-electron chi connectivity index (χ3n) is 3.53. The first-order valence-electron chi connectivity index (χ1n) is 7.17. The number of hydrogen-bond donors (Lipinski definition) is 1. The van der Waals surface area contributed by atoms with E-state index in [-0.39, 0.29) is 0 Å². The fourth-order valence-corrected chi connectivity index (χ4v) is 2.49. The number of carbonyl (C=O) groups excluding carboxylic acids is 2. The van der Waals surface area contributed by atoms with E-state index in [4.69, 9.17) is 14.2 Å². The Labute approximate surface area is 135 Å². The summed E-state index contributed by atoms with van der Waals surface area (Å²) >= 11 is 0. The third kappa shape index (κ3) is 2.96. The zero-order chi connectivity index (χ0) is 17.4. The second-order valence-corrected chi connectivity index (χ2v) is 6.26. The van der Waals surface area contributed by atoms with E-state index in [9.17, 15) is 9.59 Å². The Balaban J connectivity index is 2.45. The average Bonchev–Trinajstić information content (AvgIpc) is 2.67. The summed E-state index contributed by atoms with van der Waals surface area (Å²) in [4.78, 5) is 26.3. The summed E-state index contributed by atoms with van der Waals surface area (Å²) in [6.45, 7) is 5.23. The lowest BCUT2D eigenvalue weighted by Gasteiger charge is -2.29. The number of rotatable bonds is 3. The maximum absolute atomic E-state index is 12.7. The highest BCUT2D eigenvalue weighted by atomic mass is 16.6. The molecule has 1 aromatic carbocycles. The van der Waals surface area contributed by atoms with Crippen LogP contribution in [0.4, 0.5) is 10.5 Å². The van der Waals surface area contributed by atoms with Gasteiger partial charge in [0.1, 0.15) is 11.4 Å². The van der Waals surface area contributed by atoms with Crippen molar-refractivity contribution in [2.75, 3.05) is 26.2 Å². The molecule has 0 aliphatic carbocycles. The van der Waals surface area contributed by atoms with Crippen LogP contribution in [0, 0.1) is 0 Å². The van der Waals surface area contributed by atoms with Gasteiger partial charge in [0.25, 0.3) is 11.6 Å². The molecule has 0 fully saturated rings. The number of alkyl carbamates (subject to hydrolysis) is 1. The van der Waals surface area contributed by atoms with Gasteiger partial charge >= 0.3 is 6.09 Å². The Hall–Kier alpha value is -2.28. The SMILES string of the molecule is COc1ccc2c(c1)[C@@](NC(=O)OC(C)(C)C)(OC)C(=O)N2C. The Morgan fingerprint density at radius 1 is 1.26 bits per heavy atom. The zero-order valence-corrected chi connectivity index (χ0v) is 14.2. The van der Waals surface area contributed by atoms with E-state index in [0.29, 0.717) is 17.0 Å². The lowest BCUT2D eigenvalue weighted by atomic mass is 10.0. The first-order chi connectivity index (χ1) is 10.6. The van der Waals surface area contributed by atoms with Crippen LogP contribution in [0.3, 0.4) is 0 Å². The molecule has 2 rings (SSSR count). The van der Waals surface area contributed by atoms with Gasteiger partial charge in [0.2, 0.25) is 0 Å². The van der Waals surface area contributed by atoms with Gasteiger partial charge in [0.05, 0.1) is 12.8 Å². The number of ether oxygens (including phenoxy) is 3. The number of nitrogens with zero attached hydrogens (tertiary/aromatic N) is 1. The van der Waals surface area contributed by atoms with Crippen molar-refractivity contribution in [2.45, 2.75) is 32.1 Å². The largest absolute Gasteiger partial charge is 0.497 e. The number of benzene rings is 1. The number of anilines is 1. The molecule has 1 atom stereocenters. The first-order valence-corrected chi connectivity index (χ1v) is 7.17. The van der Waals surface area contributed by atoms with E-state index in [2.05, 4.69) is 5.32 Å². The Morgan fingerprint density at radius 2 is 1.91 bits per heavy atom. The Morgan fingerprint density at radius 3 is 2.43 bits per heavy atom. The van der Waals surface area contributed by atoms with Crippen molar-refractivity contribution in [2.24, 2.45) is 0 Å². The van der Waals surface area contributed by atoms with Crippen LogP contribution in [0.2, 0.25) is 0 Å². The summed E-state index contributed by atoms with van der Waals surface area (Å²) in [5.74, 6) is 0.147. The summed E-state index contributed by atoms with van der Waals surface area (Å²) in [7, 11) is 4.50. The van der Waals surface area contributed by atoms with E-state index in [1.165, 1.54) is 19.1 Å². The van der Waals surface area contributed by atoms with E-state index < -0.39 is 23.3 Å². The van der Waals surface area contributed by atoms with Crippen molar-refractivity contribution in [3.8, 4) is 5.75 Å². The highest BCUT2D eigenvalue weighted by Gasteiger charge is 2.52. The molecule has 1 aromatic rings. The second kappa shape index (κ2) is 5.73. The molecule has 2 amide bonds. The quantitative estimate of drug-likeness (QED) is 0.861. The number of methoxy groups -OCH3 is 2. The van der Waals surface area contributed by atoms with Crippen LogP contribution in [0.1, 0.15) is 26.3 Å². The van der Waals surface area contributed by atoms with Crippen molar-refractivity contribution in [3.05, 3.63) is 23.8 Å². The van der Waals surface area contributed by atoms with Crippen LogP contribution in [0.15, 0.2) is 18.2 Å². The van der Waals surface area contributed by atoms with Gasteiger partial charge < -0.3 is 19.1 Å². The van der Waals surface area contributed by atoms with Gasteiger partial charge in [-0.1, -0.05) is 0 Å². The third-order valence-corrected chi connectivity index (χ3v) is 3.53. The van der Waals surface area contributed by atoms with Crippen molar-refractivity contribution in [3.63, 3.8) is 0 Å². The van der Waals surface area contributed by atoms with Crippen molar-refractivity contribution >= 4 is 17.7 Å². The zero-order valence-electron chi connectivity index (χ0n) is 14.2. The normalized spacial score (nSPS) is 20.3. The minimum absolute atomic E-state index is 0.408. The standard InChI is InChI=1S/C16H22N2O5/c1-15(2,3)23-14(20)17-16(22-6)11-9-10(21-5)7-8-12(11)18(4)13(16)19/h7-9H,1-6H3,(H,17,20)/t16-/m1/s1. The predicted octanol–water partition coefficient (Wildman–Crippen LogP) is 2.00. The van der Waals surface area contributed by atoms with Gasteiger partial charge in [-0.15, -0.1) is 0 Å². The minimum atomic E-state index is -1.64. The molecule has 0 unspecified atom stereocenters. The molecule has 1 aliphatic heterocycles. The van der Waals surface area contributed by atoms with Gasteiger partial charge in [0, 0.05) is 19.7 Å². The maximum Gasteiger partial charge on any atom is 0.410 e. The van der Waals surface area contributed by atoms with Crippen molar-refractivity contribution < 1.29 is 23.8 Å². The summed E-state index contributed by atoms with van der Waals surface area (Å²) in [6, 6.07) is 5.14. The van der Waals surface area contributed by atoms with E-state index in [1.807, 2.05) is 0 Å². The van der Waals surface area contributed by atoms with E-state index in [1.54, 1.807) is 46.0 Å². The molecule has 23 heavy (non-hydrogen) atoms. The van der Waals surface area contributed by atoms with Crippen LogP contribution >= 0.6 is 0 Å². The fourth-order valence-electron chi connectivity index (χ4n) is 2.49. The first kappa shape index (κ1) is 17.1. The maximum atomic E-state index is 12.7. The topological polar surface area (TPSA) is 77.1 Å². The van der Waals surface area contributed by atoms with Crippen LogP contribution in [-0.2, 0) is 20.0 Å². The number of fused-ring (bicyclic) bond motifs is 1. The minimum Gasteiger partial charge on any atom is -0.497 e. The number of nitrogens with one attached hydrogen (secondary N) is 1. The number of hydrogen-bond acceptors (Lipinski definition) is 5. The number of amides is 2. The predicted molar refractivity (Wildman–Crippen MR) is 84.5 cm³/mol. The second-order valence-electron chi connectivity index (χ2n) is 6.26. The summed E-state index contributed by atoms with van der Waals surface area (Å²) in [5.41, 5.74) is -1.20. The van der Waals surface area contributed by atoms with E-state index in [0.717, 1.165) is 0 Å². The van der Waals surface area contributed by atoms with E-state index >= 15 is 0 Å². The summed E-state index contributed by atoms with van der Waals surface area (Å²) < 4.78 is 15.9. The van der Waals surface area contributed by atoms with Gasteiger partial charge in [0.15, 0.2) is 0 Å². The molecule has 0 bridgehead atoms. The smallest absolute Gasteiger partial charge is 0.410 e. The molecule has 0 radical (unpaired) electrons. The monoisotopic (exact) mass is 322 g/mol. The Kier molecular flexibility index (Phi) is 4.26. The van der Waals surface area contributed by atoms with Gasteiger partial charge in [-0.25, -0.2) is 4.79 Å². The Bertz CT molecular complexity index is 638. The molecule has 1 N–H and O–H groups in total. The molecule has 0 aromatic heterocycles. The number of likely N-dealkylation sites (N-methyl/N-ethyl adjacent to an activating group) is 1. The van der Waals surface area contributed by atoms with Crippen molar-refractivity contribution in [1.29, 1.82) is 0 Å². The molecule has 126 valence electrons. The molecule has 7 heteroatoms. The fraction of sp³-hybridized carbons (Fsp3) is 0.500. The van der Waals surface area contributed by atoms with Gasteiger partial charge in [-0.05, 0) is 39.0 Å². The molecule has 1 aliphatic rings. The van der Waals surface area contributed by atoms with Crippen molar-refractivity contribution in [1.82, 2.24) is 5.32 Å². The van der Waals surface area contributed by atoms with Crippen LogP contribution in [0.5, 0.6) is 5.75 Å². The van der Waals surface area contributed by atoms with Gasteiger partial charge in [-0.3, -0.25) is 10.1 Å².